The third-order valence-corrected chi connectivity index (χ3v) is 6.75. The lowest BCUT2D eigenvalue weighted by Gasteiger charge is -2.45. The van der Waals surface area contributed by atoms with Gasteiger partial charge in [-0.2, -0.15) is 0 Å². The quantitative estimate of drug-likeness (QED) is 0.703. The van der Waals surface area contributed by atoms with Crippen LogP contribution in [-0.2, 0) is 13.1 Å². The molecule has 4 heterocycles. The van der Waals surface area contributed by atoms with E-state index in [0.29, 0.717) is 6.04 Å². The zero-order valence-corrected chi connectivity index (χ0v) is 16.3. The lowest BCUT2D eigenvalue weighted by Crippen LogP contribution is -2.55. The normalized spacial score (nSPS) is 24.6. The minimum Gasteiger partial charge on any atom is -0.343 e. The first kappa shape index (κ1) is 17.3. The topological polar surface area (TPSA) is 20.2 Å². The average Bonchev–Trinajstić information content (AvgIpc) is 3.07. The minimum absolute atomic E-state index is 0.637. The fourth-order valence-electron chi connectivity index (χ4n) is 4.84. The maximum Gasteiger partial charge on any atom is 0.0491 e. The molecule has 3 aliphatic heterocycles. The number of piperidine rings is 3. The summed E-state index contributed by atoms with van der Waals surface area (Å²) in [6.07, 6.45) is 5.01. The highest BCUT2D eigenvalue weighted by Gasteiger charge is 2.33. The van der Waals surface area contributed by atoms with E-state index in [2.05, 4.69) is 57.4 Å². The van der Waals surface area contributed by atoms with Gasteiger partial charge in [-0.15, -0.1) is 0 Å². The van der Waals surface area contributed by atoms with Crippen LogP contribution < -0.4 is 5.32 Å². The molecule has 0 spiro atoms. The maximum absolute atomic E-state index is 6.40. The number of nitrogens with one attached hydrogen (secondary N) is 1. The second kappa shape index (κ2) is 7.31. The second-order valence-corrected chi connectivity index (χ2v) is 8.42. The number of nitrogens with zero attached hydrogens (tertiary/aromatic N) is 2. The van der Waals surface area contributed by atoms with E-state index < -0.39 is 0 Å². The third-order valence-electron chi connectivity index (χ3n) is 6.38. The first-order chi connectivity index (χ1) is 13.3. The number of fused-ring (bicyclic) bond motifs is 4. The Bertz CT molecular complexity index is 940. The summed E-state index contributed by atoms with van der Waals surface area (Å²) in [6.45, 7) is 5.54. The average molecular weight is 380 g/mol. The standard InChI is InChI=1S/C23H26ClN3/c24-21-7-3-1-5-18(21)14-27-15-19(20-6-2-4-8-23(20)27)13-25-22-16-26-11-9-17(22)10-12-26/h1-8,15,17,22,25H,9-14,16H2. The van der Waals surface area contributed by atoms with E-state index in [1.54, 1.807) is 0 Å². The minimum atomic E-state index is 0.637. The smallest absolute Gasteiger partial charge is 0.0491 e. The molecule has 0 aliphatic carbocycles. The Kier molecular flexibility index (Phi) is 4.68. The molecule has 27 heavy (non-hydrogen) atoms. The Labute approximate surface area is 165 Å². The molecular formula is C23H26ClN3. The number of aromatic nitrogens is 1. The Morgan fingerprint density at radius 3 is 2.52 bits per heavy atom. The van der Waals surface area contributed by atoms with Crippen molar-refractivity contribution in [3.05, 3.63) is 70.9 Å². The molecule has 0 amide bonds. The molecule has 6 rings (SSSR count). The van der Waals surface area contributed by atoms with Crippen molar-refractivity contribution in [2.45, 2.75) is 32.0 Å². The number of benzene rings is 2. The summed E-state index contributed by atoms with van der Waals surface area (Å²) in [5.74, 6) is 0.853. The summed E-state index contributed by atoms with van der Waals surface area (Å²) in [6, 6.07) is 17.5. The van der Waals surface area contributed by atoms with Crippen molar-refractivity contribution >= 4 is 22.5 Å². The molecule has 0 radical (unpaired) electrons. The second-order valence-electron chi connectivity index (χ2n) is 8.02. The van der Waals surface area contributed by atoms with Gasteiger partial charge in [0.15, 0.2) is 0 Å². The van der Waals surface area contributed by atoms with Gasteiger partial charge in [0.1, 0.15) is 0 Å². The molecule has 1 N–H and O–H groups in total. The van der Waals surface area contributed by atoms with Gasteiger partial charge in [0, 0.05) is 47.8 Å². The highest BCUT2D eigenvalue weighted by molar-refractivity contribution is 6.31. The Hall–Kier alpha value is -1.81. The molecule has 3 aliphatic rings. The lowest BCUT2D eigenvalue weighted by molar-refractivity contribution is 0.0720. The van der Waals surface area contributed by atoms with E-state index in [0.717, 1.165) is 29.6 Å². The fraction of sp³-hybridized carbons (Fsp3) is 0.391. The van der Waals surface area contributed by atoms with Crippen LogP contribution in [0.15, 0.2) is 54.7 Å². The number of halogens is 1. The van der Waals surface area contributed by atoms with Gasteiger partial charge in [-0.25, -0.2) is 0 Å². The zero-order chi connectivity index (χ0) is 18.2. The molecule has 0 saturated carbocycles. The monoisotopic (exact) mass is 379 g/mol. The van der Waals surface area contributed by atoms with Crippen molar-refractivity contribution in [3.63, 3.8) is 0 Å². The first-order valence-corrected chi connectivity index (χ1v) is 10.4. The highest BCUT2D eigenvalue weighted by Crippen LogP contribution is 2.29. The van der Waals surface area contributed by atoms with Gasteiger partial charge in [0.05, 0.1) is 0 Å². The van der Waals surface area contributed by atoms with Crippen LogP contribution in [0.5, 0.6) is 0 Å². The summed E-state index contributed by atoms with van der Waals surface area (Å²) in [4.78, 5) is 2.61. The van der Waals surface area contributed by atoms with Gasteiger partial charge in [-0.1, -0.05) is 48.0 Å². The predicted octanol–water partition coefficient (Wildman–Crippen LogP) is 4.53. The zero-order valence-electron chi connectivity index (χ0n) is 15.6. The molecule has 2 aromatic carbocycles. The largest absolute Gasteiger partial charge is 0.343 e. The Morgan fingerprint density at radius 1 is 0.963 bits per heavy atom. The van der Waals surface area contributed by atoms with Crippen LogP contribution in [0.4, 0.5) is 0 Å². The van der Waals surface area contributed by atoms with Gasteiger partial charge in [-0.3, -0.25) is 0 Å². The number of hydrogen-bond acceptors (Lipinski definition) is 2. The molecular weight excluding hydrogens is 354 g/mol. The number of para-hydroxylation sites is 1. The predicted molar refractivity (Wildman–Crippen MR) is 112 cm³/mol. The summed E-state index contributed by atoms with van der Waals surface area (Å²) in [5.41, 5.74) is 3.83. The molecule has 3 aromatic rings. The van der Waals surface area contributed by atoms with Gasteiger partial charge in [0.25, 0.3) is 0 Å². The van der Waals surface area contributed by atoms with Gasteiger partial charge in [0.2, 0.25) is 0 Å². The molecule has 1 unspecified atom stereocenters. The van der Waals surface area contributed by atoms with Crippen molar-refractivity contribution in [1.29, 1.82) is 0 Å². The van der Waals surface area contributed by atoms with E-state index in [4.69, 9.17) is 11.6 Å². The lowest BCUT2D eigenvalue weighted by atomic mass is 9.84. The molecule has 3 nitrogen and oxygen atoms in total. The third kappa shape index (κ3) is 3.40. The van der Waals surface area contributed by atoms with Gasteiger partial charge in [-0.05, 0) is 55.1 Å². The summed E-state index contributed by atoms with van der Waals surface area (Å²) in [5, 5.41) is 6.05. The highest BCUT2D eigenvalue weighted by atomic mass is 35.5. The van der Waals surface area contributed by atoms with Crippen LogP contribution in [0.25, 0.3) is 10.9 Å². The van der Waals surface area contributed by atoms with Crippen molar-refractivity contribution in [2.75, 3.05) is 19.6 Å². The van der Waals surface area contributed by atoms with Crippen LogP contribution in [0.3, 0.4) is 0 Å². The molecule has 1 aromatic heterocycles. The molecule has 2 bridgehead atoms. The maximum atomic E-state index is 6.40. The molecule has 4 heteroatoms. The summed E-state index contributed by atoms with van der Waals surface area (Å²) >= 11 is 6.40. The first-order valence-electron chi connectivity index (χ1n) is 10.0. The van der Waals surface area contributed by atoms with E-state index in [1.165, 1.54) is 48.9 Å². The van der Waals surface area contributed by atoms with Crippen molar-refractivity contribution in [2.24, 2.45) is 5.92 Å². The van der Waals surface area contributed by atoms with Crippen LogP contribution in [0, 0.1) is 5.92 Å². The number of rotatable bonds is 5. The van der Waals surface area contributed by atoms with Gasteiger partial charge < -0.3 is 14.8 Å². The molecule has 140 valence electrons. The van der Waals surface area contributed by atoms with E-state index in [9.17, 15) is 0 Å². The van der Waals surface area contributed by atoms with Crippen LogP contribution in [0.1, 0.15) is 24.0 Å². The van der Waals surface area contributed by atoms with Crippen molar-refractivity contribution in [3.8, 4) is 0 Å². The van der Waals surface area contributed by atoms with E-state index >= 15 is 0 Å². The summed E-state index contributed by atoms with van der Waals surface area (Å²) in [7, 11) is 0. The molecule has 3 fully saturated rings. The van der Waals surface area contributed by atoms with Crippen LogP contribution in [0.2, 0.25) is 5.02 Å². The SMILES string of the molecule is Clc1ccccc1Cn1cc(CNC2CN3CCC2CC3)c2ccccc21. The Balaban J connectivity index is 1.39. The molecule has 3 saturated heterocycles. The summed E-state index contributed by atoms with van der Waals surface area (Å²) < 4.78 is 2.34. The van der Waals surface area contributed by atoms with E-state index in [-0.39, 0.29) is 0 Å². The van der Waals surface area contributed by atoms with Crippen LogP contribution >= 0.6 is 11.6 Å². The van der Waals surface area contributed by atoms with Crippen molar-refractivity contribution < 1.29 is 0 Å². The Morgan fingerprint density at radius 2 is 1.74 bits per heavy atom. The van der Waals surface area contributed by atoms with E-state index in [1.807, 2.05) is 12.1 Å². The number of hydrogen-bond donors (Lipinski definition) is 1. The van der Waals surface area contributed by atoms with Crippen molar-refractivity contribution in [1.82, 2.24) is 14.8 Å². The molecule has 1 atom stereocenters. The fourth-order valence-corrected chi connectivity index (χ4v) is 5.04. The van der Waals surface area contributed by atoms with Gasteiger partial charge >= 0.3 is 0 Å². The van der Waals surface area contributed by atoms with Crippen LogP contribution in [-0.4, -0.2) is 35.1 Å².